The molecule has 1 heterocycles. The molecule has 1 aliphatic rings. The molecule has 1 aliphatic heterocycles. The summed E-state index contributed by atoms with van der Waals surface area (Å²) < 4.78 is 10.6. The smallest absolute Gasteiger partial charge is 0.231 e. The predicted octanol–water partition coefficient (Wildman–Crippen LogP) is 0.362. The van der Waals surface area contributed by atoms with Crippen LogP contribution in [0.3, 0.4) is 0 Å². The number of nitrogens with one attached hydrogen (secondary N) is 1. The van der Waals surface area contributed by atoms with E-state index in [9.17, 15) is 0 Å². The van der Waals surface area contributed by atoms with Crippen LogP contribution in [0, 0.1) is 0 Å². The van der Waals surface area contributed by atoms with Crippen LogP contribution in [0.2, 0.25) is 5.02 Å². The van der Waals surface area contributed by atoms with Gasteiger partial charge in [-0.25, -0.2) is 0 Å². The summed E-state index contributed by atoms with van der Waals surface area (Å²) in [5.41, 5.74) is 2.27. The molecule has 0 amide bonds. The average Bonchev–Trinajstić information content (AvgIpc) is 2.88. The number of rotatable bonds is 4. The third kappa shape index (κ3) is 3.37. The van der Waals surface area contributed by atoms with Crippen molar-refractivity contribution in [3.63, 3.8) is 0 Å². The van der Waals surface area contributed by atoms with Gasteiger partial charge in [-0.2, -0.15) is 0 Å². The first-order valence-electron chi connectivity index (χ1n) is 6.15. The zero-order valence-corrected chi connectivity index (χ0v) is 12.2. The minimum atomic E-state index is 0. The Bertz CT molecular complexity index is 590. The maximum absolute atomic E-state index is 6.11. The number of benzene rings is 2. The Morgan fingerprint density at radius 2 is 1.80 bits per heavy atom. The van der Waals surface area contributed by atoms with Crippen LogP contribution < -0.4 is 27.2 Å². The zero-order chi connectivity index (χ0) is 13.1. The van der Waals surface area contributed by atoms with Crippen LogP contribution in [-0.4, -0.2) is 6.79 Å². The third-order valence-corrected chi connectivity index (χ3v) is 3.41. The highest BCUT2D eigenvalue weighted by molar-refractivity contribution is 6.31. The normalized spacial score (nSPS) is 12.1. The van der Waals surface area contributed by atoms with E-state index in [-0.39, 0.29) is 12.4 Å². The average molecular weight is 311 g/mol. The van der Waals surface area contributed by atoms with Gasteiger partial charge in [-0.1, -0.05) is 35.9 Å². The molecule has 0 unspecified atom stereocenters. The van der Waals surface area contributed by atoms with Gasteiger partial charge in [0.2, 0.25) is 6.79 Å². The topological polar surface area (TPSA) is 30.5 Å². The van der Waals surface area contributed by atoms with Crippen LogP contribution in [0.15, 0.2) is 42.5 Å². The van der Waals surface area contributed by atoms with Crippen molar-refractivity contribution in [2.75, 3.05) is 6.79 Å². The zero-order valence-electron chi connectivity index (χ0n) is 10.7. The molecule has 0 aliphatic carbocycles. The molecule has 3 nitrogen and oxygen atoms in total. The highest BCUT2D eigenvalue weighted by atomic mass is 35.5. The summed E-state index contributed by atoms with van der Waals surface area (Å²) in [6, 6.07) is 13.8. The molecule has 106 valence electrons. The lowest BCUT2D eigenvalue weighted by molar-refractivity contribution is -0.00000529. The Labute approximate surface area is 129 Å². The van der Waals surface area contributed by atoms with Gasteiger partial charge in [-0.05, 0) is 29.3 Å². The van der Waals surface area contributed by atoms with E-state index in [0.717, 1.165) is 40.7 Å². The summed E-state index contributed by atoms with van der Waals surface area (Å²) in [7, 11) is 0. The SMILES string of the molecule is Clc1ccccc1CNCc1ccc2c(c1)OCO2.[Cl-]. The van der Waals surface area contributed by atoms with Crippen LogP contribution in [0.1, 0.15) is 11.1 Å². The molecule has 0 atom stereocenters. The van der Waals surface area contributed by atoms with Crippen LogP contribution >= 0.6 is 11.6 Å². The Hall–Kier alpha value is -1.42. The van der Waals surface area contributed by atoms with Gasteiger partial charge >= 0.3 is 0 Å². The monoisotopic (exact) mass is 310 g/mol. The Morgan fingerprint density at radius 1 is 1.00 bits per heavy atom. The van der Waals surface area contributed by atoms with E-state index in [1.165, 1.54) is 0 Å². The number of hydrogen-bond donors (Lipinski definition) is 1. The molecule has 0 aromatic heterocycles. The number of halogens is 2. The predicted molar refractivity (Wildman–Crippen MR) is 74.6 cm³/mol. The van der Waals surface area contributed by atoms with Gasteiger partial charge in [0.05, 0.1) is 0 Å². The Kier molecular flexibility index (Phi) is 5.12. The maximum atomic E-state index is 6.11. The first-order chi connectivity index (χ1) is 9.33. The quantitative estimate of drug-likeness (QED) is 0.885. The van der Waals surface area contributed by atoms with Crippen molar-refractivity contribution in [1.82, 2.24) is 5.32 Å². The van der Waals surface area contributed by atoms with Gasteiger partial charge in [0.15, 0.2) is 11.5 Å². The summed E-state index contributed by atoms with van der Waals surface area (Å²) >= 11 is 6.11. The van der Waals surface area contributed by atoms with Gasteiger partial charge in [-0.15, -0.1) is 0 Å². The summed E-state index contributed by atoms with van der Waals surface area (Å²) in [6.07, 6.45) is 0. The van der Waals surface area contributed by atoms with E-state index >= 15 is 0 Å². The second-order valence-corrected chi connectivity index (χ2v) is 4.79. The first-order valence-corrected chi connectivity index (χ1v) is 6.53. The standard InChI is InChI=1S/C15H14ClNO2.ClH/c16-13-4-2-1-3-12(13)9-17-8-11-5-6-14-15(7-11)19-10-18-14;/h1-7,17H,8-10H2;1H/p-1. The van der Waals surface area contributed by atoms with Crippen molar-refractivity contribution < 1.29 is 21.9 Å². The highest BCUT2D eigenvalue weighted by Gasteiger charge is 2.12. The molecule has 0 fully saturated rings. The van der Waals surface area contributed by atoms with Crippen LogP contribution in [0.25, 0.3) is 0 Å². The molecule has 3 rings (SSSR count). The molecule has 0 bridgehead atoms. The van der Waals surface area contributed by atoms with Crippen LogP contribution in [0.4, 0.5) is 0 Å². The molecule has 0 saturated carbocycles. The van der Waals surface area contributed by atoms with Crippen LogP contribution in [0.5, 0.6) is 11.5 Å². The minimum absolute atomic E-state index is 0. The van der Waals surface area contributed by atoms with Crippen molar-refractivity contribution in [2.45, 2.75) is 13.1 Å². The largest absolute Gasteiger partial charge is 1.00 e. The second-order valence-electron chi connectivity index (χ2n) is 4.38. The molecule has 0 spiro atoms. The molecule has 1 N–H and O–H groups in total. The van der Waals surface area contributed by atoms with E-state index in [0.29, 0.717) is 6.79 Å². The summed E-state index contributed by atoms with van der Waals surface area (Å²) in [4.78, 5) is 0. The fourth-order valence-corrected chi connectivity index (χ4v) is 2.24. The van der Waals surface area contributed by atoms with Crippen molar-refractivity contribution >= 4 is 11.6 Å². The lowest BCUT2D eigenvalue weighted by Gasteiger charge is -2.07. The second kappa shape index (κ2) is 6.84. The molecule has 2 aromatic rings. The van der Waals surface area contributed by atoms with Crippen molar-refractivity contribution in [1.29, 1.82) is 0 Å². The highest BCUT2D eigenvalue weighted by Crippen LogP contribution is 2.32. The summed E-state index contributed by atoms with van der Waals surface area (Å²) in [5, 5.41) is 4.16. The lowest BCUT2D eigenvalue weighted by atomic mass is 10.2. The van der Waals surface area contributed by atoms with E-state index in [1.54, 1.807) is 0 Å². The van der Waals surface area contributed by atoms with Gasteiger partial charge in [0.25, 0.3) is 0 Å². The fourth-order valence-electron chi connectivity index (χ4n) is 2.03. The van der Waals surface area contributed by atoms with Gasteiger partial charge in [0, 0.05) is 18.1 Å². The Morgan fingerprint density at radius 3 is 2.65 bits per heavy atom. The third-order valence-electron chi connectivity index (χ3n) is 3.04. The lowest BCUT2D eigenvalue weighted by Crippen LogP contribution is -3.00. The summed E-state index contributed by atoms with van der Waals surface area (Å²) in [5.74, 6) is 1.63. The Balaban J connectivity index is 0.00000147. The van der Waals surface area contributed by atoms with Gasteiger partial charge in [-0.3, -0.25) is 0 Å². The number of fused-ring (bicyclic) bond motifs is 1. The first kappa shape index (κ1) is 15.0. The van der Waals surface area contributed by atoms with Gasteiger partial charge < -0.3 is 27.2 Å². The number of ether oxygens (including phenoxy) is 2. The van der Waals surface area contributed by atoms with Crippen molar-refractivity contribution in [3.8, 4) is 11.5 Å². The maximum Gasteiger partial charge on any atom is 0.231 e. The van der Waals surface area contributed by atoms with E-state index < -0.39 is 0 Å². The van der Waals surface area contributed by atoms with Gasteiger partial charge in [0.1, 0.15) is 0 Å². The number of hydrogen-bond acceptors (Lipinski definition) is 3. The van der Waals surface area contributed by atoms with E-state index in [1.807, 2.05) is 42.5 Å². The molecule has 0 radical (unpaired) electrons. The molecule has 20 heavy (non-hydrogen) atoms. The fraction of sp³-hybridized carbons (Fsp3) is 0.200. The minimum Gasteiger partial charge on any atom is -1.00 e. The van der Waals surface area contributed by atoms with E-state index in [4.69, 9.17) is 21.1 Å². The summed E-state index contributed by atoms with van der Waals surface area (Å²) in [6.45, 7) is 1.82. The molecule has 0 saturated heterocycles. The van der Waals surface area contributed by atoms with E-state index in [2.05, 4.69) is 5.32 Å². The van der Waals surface area contributed by atoms with Crippen molar-refractivity contribution in [2.24, 2.45) is 0 Å². The van der Waals surface area contributed by atoms with Crippen molar-refractivity contribution in [3.05, 3.63) is 58.6 Å². The molecular formula is C15H14Cl2NO2-. The molecule has 2 aromatic carbocycles. The molecule has 5 heteroatoms. The van der Waals surface area contributed by atoms with Crippen LogP contribution in [-0.2, 0) is 13.1 Å². The molecular weight excluding hydrogens is 297 g/mol.